The highest BCUT2D eigenvalue weighted by Crippen LogP contribution is 2.28. The van der Waals surface area contributed by atoms with Gasteiger partial charge in [0.15, 0.2) is 0 Å². The predicted octanol–water partition coefficient (Wildman–Crippen LogP) is 3.11. The van der Waals surface area contributed by atoms with Crippen molar-refractivity contribution < 1.29 is 9.31 Å². The van der Waals surface area contributed by atoms with Gasteiger partial charge in [-0.2, -0.15) is 11.8 Å². The molecule has 19 heavy (non-hydrogen) atoms. The van der Waals surface area contributed by atoms with Gasteiger partial charge in [0.1, 0.15) is 5.82 Å². The number of hydrogen-bond acceptors (Lipinski definition) is 4. The highest BCUT2D eigenvalue weighted by atomic mass is 32.2. The lowest BCUT2D eigenvalue weighted by atomic mass is 10.1. The molecule has 1 aromatic rings. The van der Waals surface area contributed by atoms with Crippen LogP contribution >= 0.6 is 11.8 Å². The molecule has 0 aliphatic heterocycles. The molecule has 2 rings (SSSR count). The smallest absolute Gasteiger partial charge is 0.274 e. The minimum atomic E-state index is -0.462. The normalized spacial score (nSPS) is 22.6. The number of nitro benzene ring substituents is 1. The summed E-state index contributed by atoms with van der Waals surface area (Å²) in [7, 11) is 0. The first kappa shape index (κ1) is 14.3. The first-order chi connectivity index (χ1) is 9.10. The molecule has 0 radical (unpaired) electrons. The predicted molar refractivity (Wildman–Crippen MR) is 74.8 cm³/mol. The molecule has 1 aliphatic carbocycles. The van der Waals surface area contributed by atoms with Crippen molar-refractivity contribution in [1.82, 2.24) is 5.32 Å². The number of nitrogens with zero attached hydrogens (tertiary/aromatic N) is 1. The summed E-state index contributed by atoms with van der Waals surface area (Å²) >= 11 is 1.86. The van der Waals surface area contributed by atoms with Crippen molar-refractivity contribution >= 4 is 17.4 Å². The Labute approximate surface area is 115 Å². The molecule has 0 aromatic heterocycles. The fraction of sp³-hybridized carbons (Fsp3) is 0.538. The first-order valence-electron chi connectivity index (χ1n) is 6.29. The highest BCUT2D eigenvalue weighted by Gasteiger charge is 2.24. The first-order valence-corrected chi connectivity index (χ1v) is 7.58. The Bertz CT molecular complexity index is 470. The van der Waals surface area contributed by atoms with Crippen LogP contribution in [0.25, 0.3) is 0 Å². The van der Waals surface area contributed by atoms with Crippen LogP contribution < -0.4 is 5.32 Å². The molecule has 104 valence electrons. The van der Waals surface area contributed by atoms with Crippen LogP contribution in [0.15, 0.2) is 18.2 Å². The topological polar surface area (TPSA) is 55.2 Å². The molecule has 0 saturated heterocycles. The number of benzene rings is 1. The molecule has 0 amide bonds. The zero-order chi connectivity index (χ0) is 13.8. The zero-order valence-corrected chi connectivity index (χ0v) is 11.6. The SMILES string of the molecule is CSC1CCC(NCc2cc(F)ccc2[N+](=O)[O-])C1. The Morgan fingerprint density at radius 3 is 2.95 bits per heavy atom. The third-order valence-electron chi connectivity index (χ3n) is 3.54. The molecule has 4 nitrogen and oxygen atoms in total. The third-order valence-corrected chi connectivity index (χ3v) is 4.63. The Balaban J connectivity index is 1.99. The van der Waals surface area contributed by atoms with Crippen molar-refractivity contribution in [3.8, 4) is 0 Å². The fourth-order valence-corrected chi connectivity index (χ4v) is 3.26. The second kappa shape index (κ2) is 6.34. The van der Waals surface area contributed by atoms with Gasteiger partial charge in [0.25, 0.3) is 5.69 Å². The van der Waals surface area contributed by atoms with Gasteiger partial charge in [-0.1, -0.05) is 0 Å². The zero-order valence-electron chi connectivity index (χ0n) is 10.8. The van der Waals surface area contributed by atoms with Gasteiger partial charge in [-0.3, -0.25) is 10.1 Å². The second-order valence-corrected chi connectivity index (χ2v) is 5.92. The van der Waals surface area contributed by atoms with Crippen molar-refractivity contribution in [3.63, 3.8) is 0 Å². The Morgan fingerprint density at radius 2 is 2.32 bits per heavy atom. The number of nitrogens with one attached hydrogen (secondary N) is 1. The van der Waals surface area contributed by atoms with Crippen LogP contribution in [0.3, 0.4) is 0 Å². The van der Waals surface area contributed by atoms with E-state index < -0.39 is 10.7 Å². The van der Waals surface area contributed by atoms with Crippen LogP contribution in [0.5, 0.6) is 0 Å². The molecule has 1 N–H and O–H groups in total. The van der Waals surface area contributed by atoms with Gasteiger partial charge in [0, 0.05) is 29.5 Å². The number of halogens is 1. The van der Waals surface area contributed by atoms with Crippen LogP contribution in [-0.2, 0) is 6.54 Å². The molecule has 0 heterocycles. The molecule has 1 fully saturated rings. The van der Waals surface area contributed by atoms with Crippen LogP contribution in [-0.4, -0.2) is 22.5 Å². The van der Waals surface area contributed by atoms with E-state index in [-0.39, 0.29) is 5.69 Å². The Kier molecular flexibility index (Phi) is 4.76. The number of thioether (sulfide) groups is 1. The van der Waals surface area contributed by atoms with E-state index in [1.807, 2.05) is 11.8 Å². The maximum absolute atomic E-state index is 13.2. The summed E-state index contributed by atoms with van der Waals surface area (Å²) in [5, 5.41) is 14.8. The molecule has 1 saturated carbocycles. The summed E-state index contributed by atoms with van der Waals surface area (Å²) in [6.45, 7) is 0.347. The van der Waals surface area contributed by atoms with Gasteiger partial charge >= 0.3 is 0 Å². The largest absolute Gasteiger partial charge is 0.310 e. The van der Waals surface area contributed by atoms with E-state index in [0.29, 0.717) is 23.4 Å². The molecule has 1 aromatic carbocycles. The van der Waals surface area contributed by atoms with E-state index >= 15 is 0 Å². The third kappa shape index (κ3) is 3.67. The lowest BCUT2D eigenvalue weighted by Gasteiger charge is -2.12. The van der Waals surface area contributed by atoms with Gasteiger partial charge in [-0.15, -0.1) is 0 Å². The lowest BCUT2D eigenvalue weighted by Crippen LogP contribution is -2.26. The Hall–Kier alpha value is -1.14. The van der Waals surface area contributed by atoms with E-state index in [1.54, 1.807) is 0 Å². The van der Waals surface area contributed by atoms with Crippen LogP contribution in [0.4, 0.5) is 10.1 Å². The minimum absolute atomic E-state index is 0.0201. The standard InChI is InChI=1S/C13H17FN2O2S/c1-19-12-4-3-11(7-12)15-8-9-6-10(14)2-5-13(9)16(17)18/h2,5-6,11-12,15H,3-4,7-8H2,1H3. The van der Waals surface area contributed by atoms with Gasteiger partial charge < -0.3 is 5.32 Å². The van der Waals surface area contributed by atoms with Gasteiger partial charge in [0.05, 0.1) is 4.92 Å². The van der Waals surface area contributed by atoms with Crippen molar-refractivity contribution in [2.24, 2.45) is 0 Å². The van der Waals surface area contributed by atoms with E-state index in [0.717, 1.165) is 18.9 Å². The highest BCUT2D eigenvalue weighted by molar-refractivity contribution is 7.99. The molecule has 2 atom stereocenters. The molecule has 2 unspecified atom stereocenters. The molecular formula is C13H17FN2O2S. The molecule has 6 heteroatoms. The fourth-order valence-electron chi connectivity index (χ4n) is 2.47. The molecule has 1 aliphatic rings. The summed E-state index contributed by atoms with van der Waals surface area (Å²) < 4.78 is 13.2. The van der Waals surface area contributed by atoms with Crippen LogP contribution in [0, 0.1) is 15.9 Å². The second-order valence-electron chi connectivity index (χ2n) is 4.78. The number of rotatable bonds is 5. The summed E-state index contributed by atoms with van der Waals surface area (Å²) in [6.07, 6.45) is 5.42. The van der Waals surface area contributed by atoms with Crippen molar-refractivity contribution in [3.05, 3.63) is 39.7 Å². The van der Waals surface area contributed by atoms with Gasteiger partial charge in [-0.25, -0.2) is 4.39 Å². The summed E-state index contributed by atoms with van der Waals surface area (Å²) in [4.78, 5) is 10.4. The van der Waals surface area contributed by atoms with E-state index in [4.69, 9.17) is 0 Å². The maximum Gasteiger partial charge on any atom is 0.274 e. The minimum Gasteiger partial charge on any atom is -0.310 e. The summed E-state index contributed by atoms with van der Waals surface area (Å²) in [5.41, 5.74) is 0.394. The summed E-state index contributed by atoms with van der Waals surface area (Å²) in [5.74, 6) is -0.434. The molecule has 0 spiro atoms. The average molecular weight is 284 g/mol. The lowest BCUT2D eigenvalue weighted by molar-refractivity contribution is -0.385. The maximum atomic E-state index is 13.2. The van der Waals surface area contributed by atoms with Gasteiger partial charge in [0.2, 0.25) is 0 Å². The van der Waals surface area contributed by atoms with E-state index in [2.05, 4.69) is 11.6 Å². The molecule has 0 bridgehead atoms. The summed E-state index contributed by atoms with van der Waals surface area (Å²) in [6, 6.07) is 3.97. The van der Waals surface area contributed by atoms with E-state index in [9.17, 15) is 14.5 Å². The average Bonchev–Trinajstić information content (AvgIpc) is 2.84. The van der Waals surface area contributed by atoms with Crippen molar-refractivity contribution in [2.75, 3.05) is 6.26 Å². The van der Waals surface area contributed by atoms with Crippen LogP contribution in [0.2, 0.25) is 0 Å². The Morgan fingerprint density at radius 1 is 1.53 bits per heavy atom. The van der Waals surface area contributed by atoms with Crippen molar-refractivity contribution in [1.29, 1.82) is 0 Å². The number of nitro groups is 1. The van der Waals surface area contributed by atoms with Crippen LogP contribution in [0.1, 0.15) is 24.8 Å². The van der Waals surface area contributed by atoms with Gasteiger partial charge in [-0.05, 0) is 37.7 Å². The molecular weight excluding hydrogens is 267 g/mol. The monoisotopic (exact) mass is 284 g/mol. The quantitative estimate of drug-likeness (QED) is 0.667. The van der Waals surface area contributed by atoms with Crippen molar-refractivity contribution in [2.45, 2.75) is 37.1 Å². The number of hydrogen-bond donors (Lipinski definition) is 1. The van der Waals surface area contributed by atoms with E-state index in [1.165, 1.54) is 18.6 Å².